The van der Waals surface area contributed by atoms with Crippen LogP contribution in [0.1, 0.15) is 20.8 Å². The molecule has 0 aliphatic heterocycles. The molecule has 0 heterocycles. The number of halogens is 2. The van der Waals surface area contributed by atoms with Crippen LogP contribution in [0.25, 0.3) is 0 Å². The van der Waals surface area contributed by atoms with Gasteiger partial charge in [-0.15, -0.1) is 0 Å². The largest absolute Gasteiger partial charge is 0.433 e. The third-order valence-corrected chi connectivity index (χ3v) is 3.04. The molecular weight excluding hydrogens is 240 g/mol. The van der Waals surface area contributed by atoms with Gasteiger partial charge in [0.25, 0.3) is 0 Å². The molecule has 1 N–H and O–H groups in total. The number of rotatable bonds is 6. The first-order chi connectivity index (χ1) is 8.36. The Labute approximate surface area is 106 Å². The average molecular weight is 259 g/mol. The summed E-state index contributed by atoms with van der Waals surface area (Å²) in [6.45, 7) is 2.92. The lowest BCUT2D eigenvalue weighted by molar-refractivity contribution is -0.0494. The van der Waals surface area contributed by atoms with Crippen LogP contribution in [0.15, 0.2) is 24.3 Å². The van der Waals surface area contributed by atoms with E-state index in [1.54, 1.807) is 25.3 Å². The minimum Gasteiger partial charge on any atom is -0.433 e. The molecule has 0 aromatic heterocycles. The molecule has 1 rings (SSSR count). The van der Waals surface area contributed by atoms with E-state index >= 15 is 0 Å². The molecule has 1 atom stereocenters. The van der Waals surface area contributed by atoms with Crippen molar-refractivity contribution in [3.8, 4) is 5.75 Å². The van der Waals surface area contributed by atoms with Crippen molar-refractivity contribution < 1.29 is 18.3 Å². The van der Waals surface area contributed by atoms with Crippen molar-refractivity contribution in [3.63, 3.8) is 0 Å². The van der Waals surface area contributed by atoms with E-state index < -0.39 is 12.2 Å². The molecule has 0 aliphatic carbocycles. The van der Waals surface area contributed by atoms with E-state index in [-0.39, 0.29) is 11.8 Å². The zero-order valence-electron chi connectivity index (χ0n) is 11.0. The van der Waals surface area contributed by atoms with E-state index in [4.69, 9.17) is 4.74 Å². The summed E-state index contributed by atoms with van der Waals surface area (Å²) >= 11 is 0. The molecule has 0 spiro atoms. The normalized spacial score (nSPS) is 13.5. The van der Waals surface area contributed by atoms with E-state index in [2.05, 4.69) is 10.1 Å². The number of methoxy groups -OCH3 is 1. The Morgan fingerprint density at radius 1 is 1.22 bits per heavy atom. The molecule has 0 fully saturated rings. The summed E-state index contributed by atoms with van der Waals surface area (Å²) < 4.78 is 34.3. The molecule has 0 aliphatic rings. The Bertz CT molecular complexity index is 383. The minimum atomic E-state index is -2.83. The summed E-state index contributed by atoms with van der Waals surface area (Å²) in [5.74, 6) is 0.131. The number of hydrogen-bond acceptors (Lipinski definition) is 3. The van der Waals surface area contributed by atoms with Crippen molar-refractivity contribution in [2.45, 2.75) is 39.0 Å². The second kappa shape index (κ2) is 6.00. The van der Waals surface area contributed by atoms with Crippen LogP contribution in [-0.2, 0) is 4.74 Å². The predicted octanol–water partition coefficient (Wildman–Crippen LogP) is 3.51. The van der Waals surface area contributed by atoms with Crippen LogP contribution in [0.4, 0.5) is 14.5 Å². The summed E-state index contributed by atoms with van der Waals surface area (Å²) in [5, 5.41) is 3.12. The monoisotopic (exact) mass is 259 g/mol. The molecule has 0 radical (unpaired) electrons. The highest BCUT2D eigenvalue weighted by Gasteiger charge is 2.26. The molecule has 5 heteroatoms. The maximum atomic E-state index is 12.3. The van der Waals surface area contributed by atoms with Gasteiger partial charge >= 0.3 is 6.61 Å². The lowest BCUT2D eigenvalue weighted by Crippen LogP contribution is -2.41. The van der Waals surface area contributed by atoms with E-state index in [0.717, 1.165) is 0 Å². The maximum Gasteiger partial charge on any atom is 0.387 e. The maximum absolute atomic E-state index is 12.3. The Hall–Kier alpha value is -1.36. The number of ether oxygens (including phenoxy) is 2. The topological polar surface area (TPSA) is 30.5 Å². The summed E-state index contributed by atoms with van der Waals surface area (Å²) in [5.41, 5.74) is 0.105. The van der Waals surface area contributed by atoms with Crippen LogP contribution < -0.4 is 10.1 Å². The molecule has 1 aromatic rings. The molecular formula is C13H19F2NO2. The van der Waals surface area contributed by atoms with Crippen LogP contribution in [0.5, 0.6) is 5.75 Å². The van der Waals surface area contributed by atoms with Crippen LogP contribution in [0.3, 0.4) is 0 Å². The van der Waals surface area contributed by atoms with Gasteiger partial charge in [0.05, 0.1) is 17.3 Å². The molecule has 1 aromatic carbocycles. The zero-order chi connectivity index (χ0) is 13.8. The summed E-state index contributed by atoms with van der Waals surface area (Å²) in [7, 11) is 1.61. The summed E-state index contributed by atoms with van der Waals surface area (Å²) in [6.07, 6.45) is 0. The first kappa shape index (κ1) is 14.7. The van der Waals surface area contributed by atoms with Crippen molar-refractivity contribution in [2.75, 3.05) is 12.4 Å². The number of anilines is 1. The van der Waals surface area contributed by atoms with Gasteiger partial charge in [-0.05, 0) is 32.9 Å². The number of benzene rings is 1. The fourth-order valence-electron chi connectivity index (χ4n) is 1.37. The number of para-hydroxylation sites is 2. The van der Waals surface area contributed by atoms with Crippen molar-refractivity contribution in [1.82, 2.24) is 0 Å². The summed E-state index contributed by atoms with van der Waals surface area (Å²) in [4.78, 5) is 0. The molecule has 3 nitrogen and oxygen atoms in total. The van der Waals surface area contributed by atoms with Crippen molar-refractivity contribution in [3.05, 3.63) is 24.3 Å². The second-order valence-corrected chi connectivity index (χ2v) is 4.55. The van der Waals surface area contributed by atoms with Gasteiger partial charge in [-0.2, -0.15) is 8.78 Å². The molecule has 1 unspecified atom stereocenters. The van der Waals surface area contributed by atoms with Gasteiger partial charge < -0.3 is 14.8 Å². The molecule has 18 heavy (non-hydrogen) atoms. The van der Waals surface area contributed by atoms with Gasteiger partial charge in [-0.3, -0.25) is 0 Å². The Morgan fingerprint density at radius 2 is 1.83 bits per heavy atom. The SMILES string of the molecule is COC(C)(C)C(C)Nc1ccccc1OC(F)F. The standard InChI is InChI=1S/C13H19F2NO2/c1-9(13(2,3)17-4)16-10-7-5-6-8-11(10)18-12(14)15/h5-9,12,16H,1-4H3. The van der Waals surface area contributed by atoms with Crippen LogP contribution in [0.2, 0.25) is 0 Å². The number of nitrogens with one attached hydrogen (secondary N) is 1. The highest BCUT2D eigenvalue weighted by Crippen LogP contribution is 2.28. The number of hydrogen-bond donors (Lipinski definition) is 1. The highest BCUT2D eigenvalue weighted by atomic mass is 19.3. The third kappa shape index (κ3) is 3.84. The molecule has 0 amide bonds. The Balaban J connectivity index is 2.84. The van der Waals surface area contributed by atoms with Gasteiger partial charge in [-0.25, -0.2) is 0 Å². The lowest BCUT2D eigenvalue weighted by Gasteiger charge is -2.32. The third-order valence-electron chi connectivity index (χ3n) is 3.04. The van der Waals surface area contributed by atoms with E-state index in [1.807, 2.05) is 20.8 Å². The smallest absolute Gasteiger partial charge is 0.387 e. The van der Waals surface area contributed by atoms with Crippen molar-refractivity contribution in [1.29, 1.82) is 0 Å². The molecule has 102 valence electrons. The highest BCUT2D eigenvalue weighted by molar-refractivity contribution is 5.57. The van der Waals surface area contributed by atoms with Crippen LogP contribution >= 0.6 is 0 Å². The van der Waals surface area contributed by atoms with Gasteiger partial charge in [0.2, 0.25) is 0 Å². The molecule has 0 saturated heterocycles. The second-order valence-electron chi connectivity index (χ2n) is 4.55. The first-order valence-corrected chi connectivity index (χ1v) is 5.72. The van der Waals surface area contributed by atoms with Gasteiger partial charge in [0.15, 0.2) is 0 Å². The van der Waals surface area contributed by atoms with Crippen molar-refractivity contribution >= 4 is 5.69 Å². The fourth-order valence-corrected chi connectivity index (χ4v) is 1.37. The average Bonchev–Trinajstić information content (AvgIpc) is 2.31. The Morgan fingerprint density at radius 3 is 2.39 bits per heavy atom. The van der Waals surface area contributed by atoms with E-state index in [9.17, 15) is 8.78 Å². The lowest BCUT2D eigenvalue weighted by atomic mass is 10.00. The van der Waals surface area contributed by atoms with Crippen molar-refractivity contribution in [2.24, 2.45) is 0 Å². The quantitative estimate of drug-likeness (QED) is 0.848. The minimum absolute atomic E-state index is 0.0649. The molecule has 0 bridgehead atoms. The first-order valence-electron chi connectivity index (χ1n) is 5.72. The molecule has 0 saturated carbocycles. The zero-order valence-corrected chi connectivity index (χ0v) is 11.0. The van der Waals surface area contributed by atoms with Gasteiger partial charge in [0, 0.05) is 7.11 Å². The van der Waals surface area contributed by atoms with E-state index in [0.29, 0.717) is 5.69 Å². The fraction of sp³-hybridized carbons (Fsp3) is 0.538. The van der Waals surface area contributed by atoms with Crippen LogP contribution in [0, 0.1) is 0 Å². The summed E-state index contributed by atoms with van der Waals surface area (Å²) in [6, 6.07) is 6.54. The predicted molar refractivity (Wildman–Crippen MR) is 67.2 cm³/mol. The van der Waals surface area contributed by atoms with E-state index in [1.165, 1.54) is 6.07 Å². The Kier molecular flexibility index (Phi) is 4.90. The van der Waals surface area contributed by atoms with Gasteiger partial charge in [-0.1, -0.05) is 12.1 Å². The number of alkyl halides is 2. The van der Waals surface area contributed by atoms with Gasteiger partial charge in [0.1, 0.15) is 5.75 Å². The van der Waals surface area contributed by atoms with Crippen LogP contribution in [-0.4, -0.2) is 25.4 Å².